The average Bonchev–Trinajstić information content (AvgIpc) is 2.67. The van der Waals surface area contributed by atoms with Crippen molar-refractivity contribution in [2.24, 2.45) is 5.92 Å². The van der Waals surface area contributed by atoms with Gasteiger partial charge in [0.1, 0.15) is 17.4 Å². The first-order chi connectivity index (χ1) is 13.8. The van der Waals surface area contributed by atoms with Crippen molar-refractivity contribution in [2.45, 2.75) is 25.6 Å². The molecule has 2 aromatic carbocycles. The number of rotatable bonds is 3. The van der Waals surface area contributed by atoms with Crippen LogP contribution in [0.3, 0.4) is 0 Å². The van der Waals surface area contributed by atoms with Crippen LogP contribution in [0, 0.1) is 12.8 Å². The van der Waals surface area contributed by atoms with Gasteiger partial charge in [0.25, 0.3) is 0 Å². The molecule has 4 rings (SSSR count). The third kappa shape index (κ3) is 3.00. The van der Waals surface area contributed by atoms with E-state index in [0.717, 1.165) is 22.6 Å². The fourth-order valence-corrected chi connectivity index (χ4v) is 4.71. The van der Waals surface area contributed by atoms with Gasteiger partial charge in [-0.1, -0.05) is 23.8 Å². The highest BCUT2D eigenvalue weighted by molar-refractivity contribution is 7.80. The number of nitrogens with zero attached hydrogens (tertiary/aromatic N) is 2. The summed E-state index contributed by atoms with van der Waals surface area (Å²) < 4.78 is 11.9. The van der Waals surface area contributed by atoms with Gasteiger partial charge < -0.3 is 19.7 Å². The summed E-state index contributed by atoms with van der Waals surface area (Å²) in [6.45, 7) is 3.96. The molecule has 3 atom stereocenters. The van der Waals surface area contributed by atoms with Crippen molar-refractivity contribution in [1.82, 2.24) is 10.2 Å². The second kappa shape index (κ2) is 6.91. The topological polar surface area (TPSA) is 54.0 Å². The van der Waals surface area contributed by atoms with E-state index in [4.69, 9.17) is 21.7 Å². The lowest BCUT2D eigenvalue weighted by molar-refractivity contribution is -0.144. The van der Waals surface area contributed by atoms with Gasteiger partial charge in [0.05, 0.1) is 18.8 Å². The maximum absolute atomic E-state index is 13.3. The van der Waals surface area contributed by atoms with Crippen molar-refractivity contribution in [3.05, 3.63) is 53.6 Å². The Morgan fingerprint density at radius 3 is 2.72 bits per heavy atom. The van der Waals surface area contributed by atoms with Crippen molar-refractivity contribution in [2.75, 3.05) is 26.1 Å². The summed E-state index contributed by atoms with van der Waals surface area (Å²) in [5.74, 6) is 0.949. The zero-order valence-corrected chi connectivity index (χ0v) is 18.0. The molecule has 29 heavy (non-hydrogen) atoms. The molecule has 2 bridgehead atoms. The smallest absolute Gasteiger partial charge is 0.233 e. The Morgan fingerprint density at radius 2 is 2.03 bits per heavy atom. The number of amides is 1. The first kappa shape index (κ1) is 19.5. The van der Waals surface area contributed by atoms with Crippen LogP contribution >= 0.6 is 12.2 Å². The lowest BCUT2D eigenvalue weighted by Gasteiger charge is -2.56. The van der Waals surface area contributed by atoms with Gasteiger partial charge in [-0.05, 0) is 44.3 Å². The van der Waals surface area contributed by atoms with Crippen LogP contribution in [0.5, 0.6) is 11.5 Å². The second-order valence-electron chi connectivity index (χ2n) is 7.87. The first-order valence-corrected chi connectivity index (χ1v) is 9.92. The fourth-order valence-electron chi connectivity index (χ4n) is 4.30. The van der Waals surface area contributed by atoms with E-state index in [-0.39, 0.29) is 11.9 Å². The van der Waals surface area contributed by atoms with E-state index in [0.29, 0.717) is 10.9 Å². The maximum Gasteiger partial charge on any atom is 0.233 e. The fraction of sp³-hybridized carbons (Fsp3) is 0.364. The number of thiocarbonyl (C=S) groups is 1. The second-order valence-corrected chi connectivity index (χ2v) is 8.26. The molecule has 2 aromatic rings. The summed E-state index contributed by atoms with van der Waals surface area (Å²) >= 11 is 5.75. The van der Waals surface area contributed by atoms with Gasteiger partial charge >= 0.3 is 0 Å². The van der Waals surface area contributed by atoms with Gasteiger partial charge in [-0.25, -0.2) is 0 Å². The lowest BCUT2D eigenvalue weighted by Crippen LogP contribution is -2.72. The normalized spacial score (nSPS) is 24.9. The molecule has 0 unspecified atom stereocenters. The molecule has 6 nitrogen and oxygen atoms in total. The van der Waals surface area contributed by atoms with Gasteiger partial charge in [-0.2, -0.15) is 0 Å². The quantitative estimate of drug-likeness (QED) is 0.783. The SMILES string of the molecule is COc1cccc(N2C(=S)N[C@H]3c4cc(C)ccc4O[C@@]2(C)[C@H]3C(=O)N(C)C)c1. The number of fused-ring (bicyclic) bond motifs is 4. The molecule has 0 saturated carbocycles. The molecule has 1 fully saturated rings. The van der Waals surface area contributed by atoms with Crippen LogP contribution in [0.15, 0.2) is 42.5 Å². The maximum atomic E-state index is 13.3. The van der Waals surface area contributed by atoms with Crippen LogP contribution in [0.1, 0.15) is 24.1 Å². The van der Waals surface area contributed by atoms with Crippen LogP contribution < -0.4 is 19.7 Å². The third-order valence-electron chi connectivity index (χ3n) is 5.67. The molecule has 2 aliphatic heterocycles. The van der Waals surface area contributed by atoms with Crippen LogP contribution in [-0.4, -0.2) is 42.8 Å². The molecule has 2 heterocycles. The van der Waals surface area contributed by atoms with E-state index in [2.05, 4.69) is 11.4 Å². The van der Waals surface area contributed by atoms with E-state index in [9.17, 15) is 4.79 Å². The molecule has 0 aliphatic carbocycles. The van der Waals surface area contributed by atoms with Crippen LogP contribution in [0.25, 0.3) is 0 Å². The molecule has 1 saturated heterocycles. The molecule has 0 spiro atoms. The number of ether oxygens (including phenoxy) is 2. The van der Waals surface area contributed by atoms with E-state index < -0.39 is 11.6 Å². The van der Waals surface area contributed by atoms with Crippen molar-refractivity contribution in [1.29, 1.82) is 0 Å². The van der Waals surface area contributed by atoms with Crippen molar-refractivity contribution in [3.63, 3.8) is 0 Å². The van der Waals surface area contributed by atoms with Gasteiger partial charge in [0.15, 0.2) is 10.8 Å². The molecule has 1 amide bonds. The number of anilines is 1. The average molecular weight is 412 g/mol. The minimum absolute atomic E-state index is 0.0208. The van der Waals surface area contributed by atoms with Crippen LogP contribution in [-0.2, 0) is 4.79 Å². The van der Waals surface area contributed by atoms with Gasteiger partial charge in [0.2, 0.25) is 5.91 Å². The highest BCUT2D eigenvalue weighted by atomic mass is 32.1. The molecule has 0 aromatic heterocycles. The lowest BCUT2D eigenvalue weighted by atomic mass is 9.78. The number of aryl methyl sites for hydroxylation is 1. The summed E-state index contributed by atoms with van der Waals surface area (Å²) in [6.07, 6.45) is 0. The predicted octanol–water partition coefficient (Wildman–Crippen LogP) is 3.25. The Labute approximate surface area is 176 Å². The Morgan fingerprint density at radius 1 is 1.28 bits per heavy atom. The van der Waals surface area contributed by atoms with Crippen molar-refractivity contribution < 1.29 is 14.3 Å². The Kier molecular flexibility index (Phi) is 4.65. The summed E-state index contributed by atoms with van der Waals surface area (Å²) in [4.78, 5) is 16.8. The molecule has 0 radical (unpaired) electrons. The number of carbonyl (C=O) groups is 1. The monoisotopic (exact) mass is 411 g/mol. The highest BCUT2D eigenvalue weighted by Crippen LogP contribution is 2.50. The first-order valence-electron chi connectivity index (χ1n) is 9.52. The molecule has 1 N–H and O–H groups in total. The molecular weight excluding hydrogens is 386 g/mol. The number of nitrogens with one attached hydrogen (secondary N) is 1. The molecule has 2 aliphatic rings. The highest BCUT2D eigenvalue weighted by Gasteiger charge is 2.59. The predicted molar refractivity (Wildman–Crippen MR) is 116 cm³/mol. The van der Waals surface area contributed by atoms with Crippen LogP contribution in [0.4, 0.5) is 5.69 Å². The standard InChI is InChI=1S/C22H25N3O3S/c1-13-9-10-17-16(11-13)19-18(20(26)24(3)4)22(2,28-17)25(21(29)23-19)14-7-6-8-15(12-14)27-5/h6-12,18-19H,1-5H3,(H,23,29)/t18-,19+,22+/m1/s1. The number of hydrogen-bond acceptors (Lipinski definition) is 4. The zero-order chi connectivity index (χ0) is 20.9. The number of methoxy groups -OCH3 is 1. The van der Waals surface area contributed by atoms with Gasteiger partial charge in [-0.15, -0.1) is 0 Å². The van der Waals surface area contributed by atoms with E-state index in [1.54, 1.807) is 26.1 Å². The number of hydrogen-bond donors (Lipinski definition) is 1. The van der Waals surface area contributed by atoms with Crippen molar-refractivity contribution in [3.8, 4) is 11.5 Å². The Hall–Kier alpha value is -2.80. The molecule has 7 heteroatoms. The van der Waals surface area contributed by atoms with Gasteiger partial charge in [-0.3, -0.25) is 9.69 Å². The largest absolute Gasteiger partial charge is 0.497 e. The summed E-state index contributed by atoms with van der Waals surface area (Å²) in [7, 11) is 5.15. The minimum atomic E-state index is -0.997. The third-order valence-corrected chi connectivity index (χ3v) is 5.97. The summed E-state index contributed by atoms with van der Waals surface area (Å²) in [5.41, 5.74) is 1.86. The van der Waals surface area contributed by atoms with Gasteiger partial charge in [0, 0.05) is 25.7 Å². The zero-order valence-electron chi connectivity index (χ0n) is 17.2. The van der Waals surface area contributed by atoms with Crippen molar-refractivity contribution >= 4 is 28.9 Å². The number of benzene rings is 2. The number of carbonyl (C=O) groups excluding carboxylic acids is 1. The van der Waals surface area contributed by atoms with E-state index in [1.165, 1.54) is 0 Å². The minimum Gasteiger partial charge on any atom is -0.497 e. The van der Waals surface area contributed by atoms with E-state index >= 15 is 0 Å². The van der Waals surface area contributed by atoms with E-state index in [1.807, 2.05) is 55.1 Å². The van der Waals surface area contributed by atoms with Crippen LogP contribution in [0.2, 0.25) is 0 Å². The Balaban J connectivity index is 1.91. The summed E-state index contributed by atoms with van der Waals surface area (Å²) in [6, 6.07) is 13.4. The molecular formula is C22H25N3O3S. The Bertz CT molecular complexity index is 993. The molecule has 152 valence electrons. The summed E-state index contributed by atoms with van der Waals surface area (Å²) in [5, 5.41) is 3.93.